The van der Waals surface area contributed by atoms with E-state index in [-0.39, 0.29) is 23.7 Å². The minimum Gasteiger partial charge on any atom is -0.493 e. The highest BCUT2D eigenvalue weighted by atomic mass is 16.5. The zero-order valence-corrected chi connectivity index (χ0v) is 14.7. The van der Waals surface area contributed by atoms with Crippen LogP contribution in [0.15, 0.2) is 48.5 Å². The molecule has 4 rings (SSSR count). The van der Waals surface area contributed by atoms with Crippen molar-refractivity contribution in [3.63, 3.8) is 0 Å². The zero-order valence-electron chi connectivity index (χ0n) is 14.7. The summed E-state index contributed by atoms with van der Waals surface area (Å²) in [5.41, 5.74) is 0.613. The molecule has 0 radical (unpaired) electrons. The lowest BCUT2D eigenvalue weighted by molar-refractivity contribution is -0.122. The third-order valence-corrected chi connectivity index (χ3v) is 5.23. The molecule has 2 aromatic rings. The van der Waals surface area contributed by atoms with Gasteiger partial charge in [-0.3, -0.25) is 14.5 Å². The first-order valence-corrected chi connectivity index (χ1v) is 8.98. The fourth-order valence-electron chi connectivity index (χ4n) is 3.91. The molecule has 0 aromatic heterocycles. The van der Waals surface area contributed by atoms with Gasteiger partial charge in [-0.05, 0) is 49.2 Å². The Bertz CT molecular complexity index is 806. The molecule has 0 unspecified atom stereocenters. The minimum absolute atomic E-state index is 0.0573. The molecule has 0 spiro atoms. The molecule has 2 aromatic carbocycles. The van der Waals surface area contributed by atoms with Crippen LogP contribution in [0.25, 0.3) is 0 Å². The Morgan fingerprint density at radius 2 is 1.42 bits per heavy atom. The lowest BCUT2D eigenvalue weighted by Crippen LogP contribution is -2.30. The van der Waals surface area contributed by atoms with Crippen molar-refractivity contribution in [1.29, 1.82) is 0 Å². The number of carbonyl (C=O) groups is 2. The molecule has 5 nitrogen and oxygen atoms in total. The summed E-state index contributed by atoms with van der Waals surface area (Å²) in [6, 6.07) is 14.5. The molecule has 1 heterocycles. The van der Waals surface area contributed by atoms with E-state index in [2.05, 4.69) is 0 Å². The van der Waals surface area contributed by atoms with E-state index in [9.17, 15) is 9.59 Å². The van der Waals surface area contributed by atoms with E-state index in [1.54, 1.807) is 31.4 Å². The number of methoxy groups -OCH3 is 1. The van der Waals surface area contributed by atoms with Crippen LogP contribution < -0.4 is 14.4 Å². The largest absolute Gasteiger partial charge is 0.493 e. The van der Waals surface area contributed by atoms with E-state index in [1.165, 1.54) is 4.90 Å². The number of imide groups is 1. The second kappa shape index (κ2) is 6.83. The maximum Gasteiger partial charge on any atom is 0.237 e. The van der Waals surface area contributed by atoms with Crippen LogP contribution in [0.5, 0.6) is 17.2 Å². The predicted molar refractivity (Wildman–Crippen MR) is 97.5 cm³/mol. The Morgan fingerprint density at radius 1 is 0.846 bits per heavy atom. The van der Waals surface area contributed by atoms with Crippen LogP contribution in [0.3, 0.4) is 0 Å². The highest BCUT2D eigenvalue weighted by Crippen LogP contribution is 2.40. The quantitative estimate of drug-likeness (QED) is 0.776. The highest BCUT2D eigenvalue weighted by molar-refractivity contribution is 6.22. The number of para-hydroxylation sites is 2. The number of amides is 2. The van der Waals surface area contributed by atoms with Gasteiger partial charge >= 0.3 is 0 Å². The number of ether oxygens (including phenoxy) is 2. The molecule has 2 atom stereocenters. The molecule has 1 aliphatic carbocycles. The molecule has 26 heavy (non-hydrogen) atoms. The predicted octanol–water partition coefficient (Wildman–Crippen LogP) is 4.17. The number of fused-ring (bicyclic) bond motifs is 1. The molecule has 1 saturated carbocycles. The third kappa shape index (κ3) is 2.83. The monoisotopic (exact) mass is 351 g/mol. The first kappa shape index (κ1) is 16.6. The summed E-state index contributed by atoms with van der Waals surface area (Å²) in [7, 11) is 1.59. The zero-order chi connectivity index (χ0) is 18.1. The fraction of sp³-hybridized carbons (Fsp3) is 0.333. The summed E-state index contributed by atoms with van der Waals surface area (Å²) in [6.07, 6.45) is 3.70. The first-order chi connectivity index (χ1) is 12.7. The number of hydrogen-bond acceptors (Lipinski definition) is 4. The summed E-state index contributed by atoms with van der Waals surface area (Å²) < 4.78 is 11.1. The van der Waals surface area contributed by atoms with Crippen molar-refractivity contribution in [2.24, 2.45) is 11.8 Å². The molecule has 1 saturated heterocycles. The summed E-state index contributed by atoms with van der Waals surface area (Å²) in [5.74, 6) is 1.49. The number of nitrogens with zero attached hydrogens (tertiary/aromatic N) is 1. The number of benzene rings is 2. The Balaban J connectivity index is 1.54. The van der Waals surface area contributed by atoms with Gasteiger partial charge in [0.2, 0.25) is 11.8 Å². The molecule has 2 aliphatic rings. The molecule has 5 heteroatoms. The smallest absolute Gasteiger partial charge is 0.237 e. The van der Waals surface area contributed by atoms with Gasteiger partial charge in [-0.1, -0.05) is 25.0 Å². The maximum atomic E-state index is 12.7. The topological polar surface area (TPSA) is 55.8 Å². The summed E-state index contributed by atoms with van der Waals surface area (Å²) in [6.45, 7) is 0. The van der Waals surface area contributed by atoms with Crippen molar-refractivity contribution in [3.05, 3.63) is 48.5 Å². The molecule has 0 N–H and O–H groups in total. The maximum absolute atomic E-state index is 12.7. The van der Waals surface area contributed by atoms with E-state index in [1.807, 2.05) is 24.3 Å². The second-order valence-corrected chi connectivity index (χ2v) is 6.76. The van der Waals surface area contributed by atoms with E-state index in [0.717, 1.165) is 25.7 Å². The molecule has 1 aliphatic heterocycles. The standard InChI is InChI=1S/C21H21NO4/c1-25-18-8-4-5-9-19(18)26-15-12-10-14(11-13-15)22-20(23)16-6-2-3-7-17(16)21(22)24/h4-5,8-13,16-17H,2-3,6-7H2,1H3/t16-,17-/m0/s1. The van der Waals surface area contributed by atoms with E-state index in [0.29, 0.717) is 22.9 Å². The highest BCUT2D eigenvalue weighted by Gasteiger charge is 2.48. The Kier molecular flexibility index (Phi) is 4.37. The van der Waals surface area contributed by atoms with Crippen LogP contribution in [-0.4, -0.2) is 18.9 Å². The van der Waals surface area contributed by atoms with E-state index < -0.39 is 0 Å². The van der Waals surface area contributed by atoms with Crippen LogP contribution in [0, 0.1) is 11.8 Å². The molecular weight excluding hydrogens is 330 g/mol. The normalized spacial score (nSPS) is 22.3. The number of rotatable bonds is 4. The minimum atomic E-state index is -0.138. The number of hydrogen-bond donors (Lipinski definition) is 0. The van der Waals surface area contributed by atoms with Crippen molar-refractivity contribution >= 4 is 17.5 Å². The lowest BCUT2D eigenvalue weighted by Gasteiger charge is -2.19. The Morgan fingerprint density at radius 3 is 2.00 bits per heavy atom. The van der Waals surface area contributed by atoms with Gasteiger partial charge in [0, 0.05) is 0 Å². The Labute approximate surface area is 152 Å². The van der Waals surface area contributed by atoms with Gasteiger partial charge in [0.05, 0.1) is 24.6 Å². The van der Waals surface area contributed by atoms with Crippen LogP contribution in [0.4, 0.5) is 5.69 Å². The van der Waals surface area contributed by atoms with Gasteiger partial charge in [-0.25, -0.2) is 0 Å². The van der Waals surface area contributed by atoms with Gasteiger partial charge in [-0.15, -0.1) is 0 Å². The van der Waals surface area contributed by atoms with Crippen LogP contribution in [-0.2, 0) is 9.59 Å². The van der Waals surface area contributed by atoms with Crippen LogP contribution in [0.2, 0.25) is 0 Å². The number of anilines is 1. The van der Waals surface area contributed by atoms with Crippen molar-refractivity contribution in [2.75, 3.05) is 12.0 Å². The van der Waals surface area contributed by atoms with Crippen molar-refractivity contribution < 1.29 is 19.1 Å². The molecule has 2 fully saturated rings. The SMILES string of the molecule is COc1ccccc1Oc1ccc(N2C(=O)[C@H]3CCCC[C@@H]3C2=O)cc1. The van der Waals surface area contributed by atoms with Gasteiger partial charge in [0.1, 0.15) is 5.75 Å². The van der Waals surface area contributed by atoms with E-state index in [4.69, 9.17) is 9.47 Å². The fourth-order valence-corrected chi connectivity index (χ4v) is 3.91. The second-order valence-electron chi connectivity index (χ2n) is 6.76. The van der Waals surface area contributed by atoms with Gasteiger partial charge in [-0.2, -0.15) is 0 Å². The summed E-state index contributed by atoms with van der Waals surface area (Å²) >= 11 is 0. The van der Waals surface area contributed by atoms with E-state index >= 15 is 0 Å². The van der Waals surface area contributed by atoms with Crippen LogP contribution >= 0.6 is 0 Å². The first-order valence-electron chi connectivity index (χ1n) is 8.98. The van der Waals surface area contributed by atoms with Gasteiger partial charge < -0.3 is 9.47 Å². The molecular formula is C21H21NO4. The molecule has 2 amide bonds. The average molecular weight is 351 g/mol. The Hall–Kier alpha value is -2.82. The van der Waals surface area contributed by atoms with Crippen LogP contribution in [0.1, 0.15) is 25.7 Å². The van der Waals surface area contributed by atoms with Gasteiger partial charge in [0.15, 0.2) is 11.5 Å². The van der Waals surface area contributed by atoms with Crippen molar-refractivity contribution in [1.82, 2.24) is 0 Å². The molecule has 0 bridgehead atoms. The molecule has 134 valence electrons. The van der Waals surface area contributed by atoms with Crippen molar-refractivity contribution in [3.8, 4) is 17.2 Å². The van der Waals surface area contributed by atoms with Crippen molar-refractivity contribution in [2.45, 2.75) is 25.7 Å². The van der Waals surface area contributed by atoms with Gasteiger partial charge in [0.25, 0.3) is 0 Å². The summed E-state index contributed by atoms with van der Waals surface area (Å²) in [5, 5.41) is 0. The number of carbonyl (C=O) groups excluding carboxylic acids is 2. The summed E-state index contributed by atoms with van der Waals surface area (Å²) in [4.78, 5) is 26.7. The lowest BCUT2D eigenvalue weighted by atomic mass is 9.81. The third-order valence-electron chi connectivity index (χ3n) is 5.23. The average Bonchev–Trinajstić information content (AvgIpc) is 2.94.